The van der Waals surface area contributed by atoms with E-state index in [2.05, 4.69) is 127 Å². The van der Waals surface area contributed by atoms with E-state index in [0.717, 1.165) is 33.3 Å². The van der Waals surface area contributed by atoms with E-state index in [4.69, 9.17) is 4.42 Å². The summed E-state index contributed by atoms with van der Waals surface area (Å²) in [6.07, 6.45) is 0. The molecule has 0 atom stereocenters. The standard InChI is InChI=1S/C34H23NO/c1-2-6-26-21-27(10-9-23(26)5-1)24-11-16-29(17-12-24)35-30-18-13-25(14-19-30)28-15-20-34-32(22-28)31-7-3-4-8-33(31)36-34/h1-22,35H. The topological polar surface area (TPSA) is 25.2 Å². The van der Waals surface area contributed by atoms with Crippen LogP contribution in [0.3, 0.4) is 0 Å². The molecule has 0 aliphatic heterocycles. The lowest BCUT2D eigenvalue weighted by molar-refractivity contribution is 0.669. The SMILES string of the molecule is c1ccc2cc(-c3ccc(Nc4ccc(-c5ccc6oc7ccccc7c6c5)cc4)cc3)ccc2c1. The van der Waals surface area contributed by atoms with Gasteiger partial charge in [0.25, 0.3) is 0 Å². The molecule has 2 nitrogen and oxygen atoms in total. The maximum absolute atomic E-state index is 5.97. The van der Waals surface area contributed by atoms with Crippen LogP contribution >= 0.6 is 0 Å². The molecule has 6 aromatic carbocycles. The zero-order chi connectivity index (χ0) is 23.9. The number of nitrogens with one attached hydrogen (secondary N) is 1. The van der Waals surface area contributed by atoms with Crippen molar-refractivity contribution < 1.29 is 4.42 Å². The van der Waals surface area contributed by atoms with Crippen molar-refractivity contribution in [3.05, 3.63) is 133 Å². The summed E-state index contributed by atoms with van der Waals surface area (Å²) in [4.78, 5) is 0. The van der Waals surface area contributed by atoms with Crippen molar-refractivity contribution >= 4 is 44.1 Å². The van der Waals surface area contributed by atoms with Crippen LogP contribution in [0, 0.1) is 0 Å². The lowest BCUT2D eigenvalue weighted by Crippen LogP contribution is -1.90. The Morgan fingerprint density at radius 3 is 1.69 bits per heavy atom. The molecule has 1 heterocycles. The highest BCUT2D eigenvalue weighted by molar-refractivity contribution is 6.06. The second-order valence-corrected chi connectivity index (χ2v) is 9.15. The third-order valence-electron chi connectivity index (χ3n) is 6.85. The van der Waals surface area contributed by atoms with Gasteiger partial charge in [0.05, 0.1) is 0 Å². The average Bonchev–Trinajstić information content (AvgIpc) is 3.32. The van der Waals surface area contributed by atoms with Crippen LogP contribution in [0.5, 0.6) is 0 Å². The Bertz CT molecular complexity index is 1840. The first-order valence-corrected chi connectivity index (χ1v) is 12.2. The van der Waals surface area contributed by atoms with Gasteiger partial charge in [-0.25, -0.2) is 0 Å². The highest BCUT2D eigenvalue weighted by atomic mass is 16.3. The second kappa shape index (κ2) is 8.44. The van der Waals surface area contributed by atoms with Crippen molar-refractivity contribution in [3.63, 3.8) is 0 Å². The van der Waals surface area contributed by atoms with E-state index in [9.17, 15) is 0 Å². The summed E-state index contributed by atoms with van der Waals surface area (Å²) in [6.45, 7) is 0. The summed E-state index contributed by atoms with van der Waals surface area (Å²) in [5, 5.41) is 8.35. The number of rotatable bonds is 4. The van der Waals surface area contributed by atoms with Gasteiger partial charge < -0.3 is 9.73 Å². The van der Waals surface area contributed by atoms with Crippen LogP contribution in [-0.2, 0) is 0 Å². The molecule has 2 heteroatoms. The average molecular weight is 462 g/mol. The molecule has 7 rings (SSSR count). The van der Waals surface area contributed by atoms with E-state index >= 15 is 0 Å². The molecule has 170 valence electrons. The summed E-state index contributed by atoms with van der Waals surface area (Å²) in [5.41, 5.74) is 8.78. The minimum Gasteiger partial charge on any atom is -0.456 e. The van der Waals surface area contributed by atoms with E-state index in [-0.39, 0.29) is 0 Å². The Kier molecular flexibility index (Phi) is 4.82. The van der Waals surface area contributed by atoms with Crippen LogP contribution in [0.15, 0.2) is 138 Å². The molecule has 1 N–H and O–H groups in total. The minimum absolute atomic E-state index is 0.922. The Labute approximate surface area is 209 Å². The second-order valence-electron chi connectivity index (χ2n) is 9.15. The number of furan rings is 1. The minimum atomic E-state index is 0.922. The van der Waals surface area contributed by atoms with Crippen LogP contribution in [0.25, 0.3) is 55.0 Å². The summed E-state index contributed by atoms with van der Waals surface area (Å²) >= 11 is 0. The summed E-state index contributed by atoms with van der Waals surface area (Å²) in [7, 11) is 0. The molecule has 0 amide bonds. The van der Waals surface area contributed by atoms with Crippen LogP contribution in [0.1, 0.15) is 0 Å². The molecule has 0 aliphatic rings. The van der Waals surface area contributed by atoms with E-state index in [1.807, 2.05) is 12.1 Å². The fourth-order valence-electron chi connectivity index (χ4n) is 4.93. The summed E-state index contributed by atoms with van der Waals surface area (Å²) in [6, 6.07) is 46.9. The van der Waals surface area contributed by atoms with Gasteiger partial charge in [0.2, 0.25) is 0 Å². The molecular formula is C34H23NO. The summed E-state index contributed by atoms with van der Waals surface area (Å²) < 4.78 is 5.97. The maximum Gasteiger partial charge on any atom is 0.135 e. The Morgan fingerprint density at radius 1 is 0.389 bits per heavy atom. The number of hydrogen-bond donors (Lipinski definition) is 1. The fraction of sp³-hybridized carbons (Fsp3) is 0. The maximum atomic E-state index is 5.97. The normalized spacial score (nSPS) is 11.3. The number of fused-ring (bicyclic) bond motifs is 4. The first kappa shape index (κ1) is 20.5. The van der Waals surface area contributed by atoms with Crippen molar-refractivity contribution in [1.82, 2.24) is 0 Å². The van der Waals surface area contributed by atoms with Gasteiger partial charge in [0, 0.05) is 22.1 Å². The largest absolute Gasteiger partial charge is 0.456 e. The van der Waals surface area contributed by atoms with E-state index in [1.165, 1.54) is 33.0 Å². The van der Waals surface area contributed by atoms with Gasteiger partial charge in [-0.3, -0.25) is 0 Å². The van der Waals surface area contributed by atoms with E-state index in [0.29, 0.717) is 0 Å². The van der Waals surface area contributed by atoms with Crippen molar-refractivity contribution in [2.75, 3.05) is 5.32 Å². The molecule has 0 saturated heterocycles. The van der Waals surface area contributed by atoms with Gasteiger partial charge in [-0.2, -0.15) is 0 Å². The van der Waals surface area contributed by atoms with Crippen LogP contribution in [-0.4, -0.2) is 0 Å². The number of anilines is 2. The molecule has 0 radical (unpaired) electrons. The Morgan fingerprint density at radius 2 is 0.944 bits per heavy atom. The van der Waals surface area contributed by atoms with Crippen molar-refractivity contribution in [2.24, 2.45) is 0 Å². The van der Waals surface area contributed by atoms with Gasteiger partial charge in [-0.05, 0) is 81.6 Å². The summed E-state index contributed by atoms with van der Waals surface area (Å²) in [5.74, 6) is 0. The third-order valence-corrected chi connectivity index (χ3v) is 6.85. The molecule has 0 bridgehead atoms. The van der Waals surface area contributed by atoms with Crippen molar-refractivity contribution in [2.45, 2.75) is 0 Å². The zero-order valence-corrected chi connectivity index (χ0v) is 19.6. The highest BCUT2D eigenvalue weighted by Crippen LogP contribution is 2.33. The third kappa shape index (κ3) is 3.70. The van der Waals surface area contributed by atoms with Gasteiger partial charge in [-0.1, -0.05) is 84.9 Å². The predicted octanol–water partition coefficient (Wildman–Crippen LogP) is 9.82. The van der Waals surface area contributed by atoms with E-state index < -0.39 is 0 Å². The zero-order valence-electron chi connectivity index (χ0n) is 19.6. The molecule has 0 saturated carbocycles. The lowest BCUT2D eigenvalue weighted by Gasteiger charge is -2.10. The van der Waals surface area contributed by atoms with Crippen LogP contribution < -0.4 is 5.32 Å². The molecule has 0 spiro atoms. The molecule has 1 aromatic heterocycles. The lowest BCUT2D eigenvalue weighted by atomic mass is 10.0. The molecular weight excluding hydrogens is 438 g/mol. The molecule has 0 fully saturated rings. The highest BCUT2D eigenvalue weighted by Gasteiger charge is 2.08. The molecule has 0 aliphatic carbocycles. The predicted molar refractivity (Wildman–Crippen MR) is 152 cm³/mol. The Hall–Kier alpha value is -4.82. The van der Waals surface area contributed by atoms with Crippen LogP contribution in [0.2, 0.25) is 0 Å². The van der Waals surface area contributed by atoms with Gasteiger partial charge in [0.1, 0.15) is 11.2 Å². The van der Waals surface area contributed by atoms with E-state index in [1.54, 1.807) is 0 Å². The van der Waals surface area contributed by atoms with Gasteiger partial charge >= 0.3 is 0 Å². The smallest absolute Gasteiger partial charge is 0.135 e. The molecule has 7 aromatic rings. The van der Waals surface area contributed by atoms with Gasteiger partial charge in [-0.15, -0.1) is 0 Å². The van der Waals surface area contributed by atoms with Crippen molar-refractivity contribution in [3.8, 4) is 22.3 Å². The molecule has 36 heavy (non-hydrogen) atoms. The molecule has 0 unspecified atom stereocenters. The van der Waals surface area contributed by atoms with Crippen LogP contribution in [0.4, 0.5) is 11.4 Å². The number of hydrogen-bond acceptors (Lipinski definition) is 2. The number of benzene rings is 6. The first-order chi connectivity index (χ1) is 17.8. The van der Waals surface area contributed by atoms with Gasteiger partial charge in [0.15, 0.2) is 0 Å². The fourth-order valence-corrected chi connectivity index (χ4v) is 4.93. The monoisotopic (exact) mass is 461 g/mol. The Balaban J connectivity index is 1.11. The number of para-hydroxylation sites is 1. The quantitative estimate of drug-likeness (QED) is 0.282. The van der Waals surface area contributed by atoms with Crippen molar-refractivity contribution in [1.29, 1.82) is 0 Å². The first-order valence-electron chi connectivity index (χ1n) is 12.2.